The number of halogens is 1. The monoisotopic (exact) mass is 454 g/mol. The highest BCUT2D eigenvalue weighted by molar-refractivity contribution is 6.31. The molecule has 32 heavy (non-hydrogen) atoms. The standard InChI is InChI=1S/C23H23ClN4O4/c1-2-30-22(29)18-4-3-9-28(18)23-26-17-7-6-15(24)11-16(17)21(27-23)25-12-14-5-8-19-20(10-14)32-13-31-19/h5-8,10-11,18H,2-4,9,12-13H2,1H3,(H,25,26,27)/t18-/m0/s1. The molecule has 1 N–H and O–H groups in total. The van der Waals surface area contributed by atoms with Crippen LogP contribution in [0.15, 0.2) is 36.4 Å². The Hall–Kier alpha value is -3.26. The summed E-state index contributed by atoms with van der Waals surface area (Å²) in [6.07, 6.45) is 1.60. The van der Waals surface area contributed by atoms with Gasteiger partial charge >= 0.3 is 5.97 Å². The Labute approximate surface area is 190 Å². The average Bonchev–Trinajstić information content (AvgIpc) is 3.47. The fourth-order valence-electron chi connectivity index (χ4n) is 4.08. The number of nitrogens with one attached hydrogen (secondary N) is 1. The predicted molar refractivity (Wildman–Crippen MR) is 121 cm³/mol. The van der Waals surface area contributed by atoms with E-state index in [-0.39, 0.29) is 18.8 Å². The summed E-state index contributed by atoms with van der Waals surface area (Å²) in [7, 11) is 0. The van der Waals surface area contributed by atoms with Gasteiger partial charge < -0.3 is 24.4 Å². The van der Waals surface area contributed by atoms with E-state index in [0.29, 0.717) is 36.5 Å². The van der Waals surface area contributed by atoms with Crippen LogP contribution in [0.1, 0.15) is 25.3 Å². The number of ether oxygens (including phenoxy) is 3. The summed E-state index contributed by atoms with van der Waals surface area (Å²) in [5, 5.41) is 4.82. The van der Waals surface area contributed by atoms with Crippen LogP contribution in [0.5, 0.6) is 11.5 Å². The van der Waals surface area contributed by atoms with Crippen molar-refractivity contribution < 1.29 is 19.0 Å². The van der Waals surface area contributed by atoms with E-state index < -0.39 is 0 Å². The van der Waals surface area contributed by atoms with Gasteiger partial charge in [-0.2, -0.15) is 4.98 Å². The summed E-state index contributed by atoms with van der Waals surface area (Å²) >= 11 is 6.25. The number of hydrogen-bond acceptors (Lipinski definition) is 8. The third-order valence-electron chi connectivity index (χ3n) is 5.61. The van der Waals surface area contributed by atoms with Gasteiger partial charge in [-0.15, -0.1) is 0 Å². The molecule has 1 fully saturated rings. The topological polar surface area (TPSA) is 85.8 Å². The molecule has 0 amide bonds. The molecular weight excluding hydrogens is 432 g/mol. The van der Waals surface area contributed by atoms with Crippen molar-refractivity contribution in [2.45, 2.75) is 32.4 Å². The Morgan fingerprint density at radius 3 is 2.97 bits per heavy atom. The molecule has 0 radical (unpaired) electrons. The van der Waals surface area contributed by atoms with E-state index in [4.69, 9.17) is 35.8 Å². The minimum atomic E-state index is -0.374. The number of hydrogen-bond donors (Lipinski definition) is 1. The summed E-state index contributed by atoms with van der Waals surface area (Å²) in [6.45, 7) is 3.62. The van der Waals surface area contributed by atoms with Crippen LogP contribution in [-0.4, -0.2) is 41.9 Å². The maximum atomic E-state index is 12.5. The molecule has 0 aliphatic carbocycles. The third kappa shape index (κ3) is 3.98. The second kappa shape index (κ2) is 8.70. The molecule has 3 heterocycles. The van der Waals surface area contributed by atoms with Crippen molar-refractivity contribution in [2.24, 2.45) is 0 Å². The molecule has 2 aromatic carbocycles. The quantitative estimate of drug-likeness (QED) is 0.556. The van der Waals surface area contributed by atoms with Gasteiger partial charge in [-0.1, -0.05) is 17.7 Å². The molecule has 166 valence electrons. The van der Waals surface area contributed by atoms with Crippen LogP contribution in [0.4, 0.5) is 11.8 Å². The van der Waals surface area contributed by atoms with Gasteiger partial charge in [0.05, 0.1) is 12.1 Å². The molecule has 0 saturated carbocycles. The zero-order chi connectivity index (χ0) is 22.1. The van der Waals surface area contributed by atoms with Crippen LogP contribution >= 0.6 is 11.6 Å². The minimum Gasteiger partial charge on any atom is -0.464 e. The van der Waals surface area contributed by atoms with Crippen molar-refractivity contribution in [1.82, 2.24) is 9.97 Å². The van der Waals surface area contributed by atoms with Gasteiger partial charge in [0.15, 0.2) is 11.5 Å². The number of carbonyl (C=O) groups is 1. The van der Waals surface area contributed by atoms with E-state index in [0.717, 1.165) is 40.8 Å². The first-order valence-corrected chi connectivity index (χ1v) is 11.0. The van der Waals surface area contributed by atoms with Gasteiger partial charge in [0, 0.05) is 23.5 Å². The molecule has 1 atom stereocenters. The highest BCUT2D eigenvalue weighted by Crippen LogP contribution is 2.34. The minimum absolute atomic E-state index is 0.236. The molecule has 1 aromatic heterocycles. The lowest BCUT2D eigenvalue weighted by Gasteiger charge is -2.24. The number of esters is 1. The lowest BCUT2D eigenvalue weighted by molar-refractivity contribution is -0.144. The van der Waals surface area contributed by atoms with E-state index in [1.54, 1.807) is 6.07 Å². The molecule has 2 aliphatic rings. The Morgan fingerprint density at radius 2 is 2.09 bits per heavy atom. The maximum absolute atomic E-state index is 12.5. The SMILES string of the molecule is CCOC(=O)[C@@H]1CCCN1c1nc(NCc2ccc3c(c2)OCO3)c2cc(Cl)ccc2n1. The first kappa shape index (κ1) is 20.6. The van der Waals surface area contributed by atoms with Crippen molar-refractivity contribution in [2.75, 3.05) is 30.2 Å². The van der Waals surface area contributed by atoms with Gasteiger partial charge in [-0.3, -0.25) is 0 Å². The van der Waals surface area contributed by atoms with E-state index in [1.807, 2.05) is 42.2 Å². The molecule has 0 unspecified atom stereocenters. The van der Waals surface area contributed by atoms with Crippen LogP contribution in [0, 0.1) is 0 Å². The molecule has 8 nitrogen and oxygen atoms in total. The first-order valence-electron chi connectivity index (χ1n) is 10.7. The number of carbonyl (C=O) groups excluding carboxylic acids is 1. The Morgan fingerprint density at radius 1 is 1.22 bits per heavy atom. The molecule has 0 spiro atoms. The highest BCUT2D eigenvalue weighted by atomic mass is 35.5. The van der Waals surface area contributed by atoms with Crippen molar-refractivity contribution in [1.29, 1.82) is 0 Å². The first-order chi connectivity index (χ1) is 15.6. The number of benzene rings is 2. The van der Waals surface area contributed by atoms with Crippen LogP contribution in [-0.2, 0) is 16.1 Å². The van der Waals surface area contributed by atoms with E-state index in [2.05, 4.69) is 5.32 Å². The van der Waals surface area contributed by atoms with Gasteiger partial charge in [0.2, 0.25) is 12.7 Å². The Bertz CT molecular complexity index is 1170. The van der Waals surface area contributed by atoms with Gasteiger partial charge in [0.25, 0.3) is 0 Å². The molecule has 0 bridgehead atoms. The Balaban J connectivity index is 1.47. The van der Waals surface area contributed by atoms with E-state index >= 15 is 0 Å². The molecular formula is C23H23ClN4O4. The fraction of sp³-hybridized carbons (Fsp3) is 0.348. The number of nitrogens with zero attached hydrogens (tertiary/aromatic N) is 3. The molecule has 2 aliphatic heterocycles. The average molecular weight is 455 g/mol. The lowest BCUT2D eigenvalue weighted by Crippen LogP contribution is -2.38. The summed E-state index contributed by atoms with van der Waals surface area (Å²) < 4.78 is 16.1. The molecule has 5 rings (SSSR count). The van der Waals surface area contributed by atoms with E-state index in [9.17, 15) is 4.79 Å². The van der Waals surface area contributed by atoms with Crippen molar-refractivity contribution in [3.8, 4) is 11.5 Å². The van der Waals surface area contributed by atoms with Crippen molar-refractivity contribution >= 4 is 40.2 Å². The summed E-state index contributed by atoms with van der Waals surface area (Å²) in [6, 6.07) is 11.0. The highest BCUT2D eigenvalue weighted by Gasteiger charge is 2.34. The molecule has 1 saturated heterocycles. The predicted octanol–water partition coefficient (Wildman–Crippen LogP) is 4.16. The van der Waals surface area contributed by atoms with Gasteiger partial charge in [-0.05, 0) is 55.7 Å². The van der Waals surface area contributed by atoms with Crippen molar-refractivity contribution in [3.63, 3.8) is 0 Å². The second-order valence-electron chi connectivity index (χ2n) is 7.68. The summed E-state index contributed by atoms with van der Waals surface area (Å²) in [4.78, 5) is 23.9. The maximum Gasteiger partial charge on any atom is 0.328 e. The normalized spacial score (nSPS) is 17.1. The van der Waals surface area contributed by atoms with Crippen LogP contribution in [0.3, 0.4) is 0 Å². The summed E-state index contributed by atoms with van der Waals surface area (Å²) in [5.41, 5.74) is 1.78. The lowest BCUT2D eigenvalue weighted by atomic mass is 10.2. The number of fused-ring (bicyclic) bond motifs is 2. The zero-order valence-corrected chi connectivity index (χ0v) is 18.4. The molecule has 3 aromatic rings. The fourth-order valence-corrected chi connectivity index (χ4v) is 4.25. The zero-order valence-electron chi connectivity index (χ0n) is 17.6. The number of rotatable bonds is 6. The summed E-state index contributed by atoms with van der Waals surface area (Å²) in [5.74, 6) is 2.40. The Kier molecular flexibility index (Phi) is 5.61. The number of anilines is 2. The van der Waals surface area contributed by atoms with E-state index in [1.165, 1.54) is 0 Å². The molecule has 9 heteroatoms. The van der Waals surface area contributed by atoms with Crippen LogP contribution < -0.4 is 19.7 Å². The van der Waals surface area contributed by atoms with Crippen LogP contribution in [0.2, 0.25) is 5.02 Å². The second-order valence-corrected chi connectivity index (χ2v) is 8.11. The van der Waals surface area contributed by atoms with Crippen molar-refractivity contribution in [3.05, 3.63) is 47.0 Å². The van der Waals surface area contributed by atoms with Crippen LogP contribution in [0.25, 0.3) is 10.9 Å². The van der Waals surface area contributed by atoms with Gasteiger partial charge in [-0.25, -0.2) is 9.78 Å². The van der Waals surface area contributed by atoms with Gasteiger partial charge in [0.1, 0.15) is 11.9 Å². The smallest absolute Gasteiger partial charge is 0.328 e. The largest absolute Gasteiger partial charge is 0.464 e. The third-order valence-corrected chi connectivity index (χ3v) is 5.85. The number of aromatic nitrogens is 2.